The van der Waals surface area contributed by atoms with E-state index in [0.29, 0.717) is 18.5 Å². The molecule has 0 saturated carbocycles. The maximum Gasteiger partial charge on any atom is 0.246 e. The molecule has 5 aromatic rings. The second-order valence-corrected chi connectivity index (χ2v) is 12.3. The van der Waals surface area contributed by atoms with E-state index in [1.807, 2.05) is 31.1 Å². The van der Waals surface area contributed by atoms with E-state index in [1.165, 1.54) is 6.42 Å². The van der Waals surface area contributed by atoms with Gasteiger partial charge in [0.1, 0.15) is 17.7 Å². The molecule has 2 aliphatic heterocycles. The molecule has 2 aliphatic rings. The molecule has 2 fully saturated rings. The summed E-state index contributed by atoms with van der Waals surface area (Å²) in [7, 11) is 0. The number of likely N-dealkylation sites (tertiary alicyclic amines) is 1. The first-order valence-corrected chi connectivity index (χ1v) is 15.9. The molecule has 45 heavy (non-hydrogen) atoms. The minimum atomic E-state index is -0.421. The summed E-state index contributed by atoms with van der Waals surface area (Å²) >= 11 is 0. The number of aromatic amines is 2. The van der Waals surface area contributed by atoms with E-state index in [2.05, 4.69) is 84.1 Å². The Morgan fingerprint density at radius 1 is 0.800 bits per heavy atom. The van der Waals surface area contributed by atoms with Crippen LogP contribution in [-0.2, 0) is 4.79 Å². The molecule has 2 saturated heterocycles. The number of imidazole rings is 2. The van der Waals surface area contributed by atoms with Crippen LogP contribution in [0.2, 0.25) is 0 Å². The van der Waals surface area contributed by atoms with Gasteiger partial charge < -0.3 is 25.5 Å². The molecule has 4 N–H and O–H groups in total. The van der Waals surface area contributed by atoms with Crippen LogP contribution >= 0.6 is 0 Å². The van der Waals surface area contributed by atoms with Gasteiger partial charge in [-0.2, -0.15) is 0 Å². The first-order chi connectivity index (χ1) is 22.0. The highest BCUT2D eigenvalue weighted by Gasteiger charge is 2.37. The molecule has 0 spiro atoms. The number of carbonyl (C=O) groups is 1. The van der Waals surface area contributed by atoms with Crippen LogP contribution in [0.3, 0.4) is 0 Å². The lowest BCUT2D eigenvalue weighted by Crippen LogP contribution is -2.45. The van der Waals surface area contributed by atoms with Gasteiger partial charge >= 0.3 is 0 Å². The topological polar surface area (TPSA) is 128 Å². The molecule has 10 nitrogen and oxygen atoms in total. The van der Waals surface area contributed by atoms with Crippen molar-refractivity contribution in [2.45, 2.75) is 57.7 Å². The number of anilines is 1. The van der Waals surface area contributed by atoms with Gasteiger partial charge in [0.15, 0.2) is 0 Å². The van der Waals surface area contributed by atoms with Gasteiger partial charge in [-0.15, -0.1) is 0 Å². The first kappa shape index (κ1) is 28.9. The zero-order chi connectivity index (χ0) is 30.8. The predicted octanol–water partition coefficient (Wildman–Crippen LogP) is 6.15. The molecule has 3 aromatic heterocycles. The Kier molecular flexibility index (Phi) is 8.13. The molecule has 0 aliphatic carbocycles. The number of carbonyl (C=O) groups excluding carboxylic acids is 1. The second kappa shape index (κ2) is 12.6. The average Bonchev–Trinajstić information content (AvgIpc) is 3.91. The van der Waals surface area contributed by atoms with Crippen molar-refractivity contribution in [3.8, 4) is 33.6 Å². The summed E-state index contributed by atoms with van der Waals surface area (Å²) in [4.78, 5) is 40.6. The van der Waals surface area contributed by atoms with E-state index in [9.17, 15) is 4.79 Å². The van der Waals surface area contributed by atoms with Gasteiger partial charge in [0.05, 0.1) is 35.9 Å². The van der Waals surface area contributed by atoms with Gasteiger partial charge in [-0.1, -0.05) is 62.4 Å². The van der Waals surface area contributed by atoms with Crippen molar-refractivity contribution in [1.82, 2.24) is 40.1 Å². The summed E-state index contributed by atoms with van der Waals surface area (Å²) < 4.78 is 0. The fourth-order valence-electron chi connectivity index (χ4n) is 6.44. The van der Waals surface area contributed by atoms with Crippen molar-refractivity contribution in [2.75, 3.05) is 18.4 Å². The average molecular weight is 602 g/mol. The smallest absolute Gasteiger partial charge is 0.246 e. The van der Waals surface area contributed by atoms with Gasteiger partial charge in [0, 0.05) is 18.9 Å². The number of H-pyrrole nitrogens is 2. The van der Waals surface area contributed by atoms with Gasteiger partial charge in [-0.3, -0.25) is 4.79 Å². The van der Waals surface area contributed by atoms with Gasteiger partial charge in [0.2, 0.25) is 11.9 Å². The molecule has 0 radical (unpaired) electrons. The van der Waals surface area contributed by atoms with Crippen LogP contribution in [0.15, 0.2) is 79.4 Å². The summed E-state index contributed by atoms with van der Waals surface area (Å²) in [5.41, 5.74) is 6.46. The highest BCUT2D eigenvalue weighted by atomic mass is 16.2. The minimum absolute atomic E-state index is 0.0482. The van der Waals surface area contributed by atoms with Crippen LogP contribution in [0.1, 0.15) is 63.3 Å². The molecule has 3 atom stereocenters. The third-order valence-corrected chi connectivity index (χ3v) is 8.94. The summed E-state index contributed by atoms with van der Waals surface area (Å²) in [5.74, 6) is 2.42. The van der Waals surface area contributed by atoms with Gasteiger partial charge in [0.25, 0.3) is 0 Å². The largest absolute Gasteiger partial charge is 0.342 e. The van der Waals surface area contributed by atoms with Crippen LogP contribution in [0.5, 0.6) is 0 Å². The molecule has 10 heteroatoms. The van der Waals surface area contributed by atoms with Crippen molar-refractivity contribution in [1.29, 1.82) is 0 Å². The highest BCUT2D eigenvalue weighted by Crippen LogP contribution is 2.34. The Labute approximate surface area is 263 Å². The standard InChI is InChI=1S/C35H39N9O/c1-22(2)31(43-35-37-17-5-18-38-35)34(45)44-19-4-7-30(44)33-40-21-29(42-33)26-14-10-24(11-15-26)23-8-12-25(13-9-23)28-20-39-32(41-28)27-6-3-16-36-27/h5,8-15,17-18,20-22,27,30-31,36H,3-4,6-7,16,19H2,1-2H3,(H,39,41)(H,40,42)(H,37,38,43)/t27-,30-,31?/m0/s1. The highest BCUT2D eigenvalue weighted by molar-refractivity contribution is 5.85. The fraction of sp³-hybridized carbons (Fsp3) is 0.343. The van der Waals surface area contributed by atoms with Crippen molar-refractivity contribution in [3.63, 3.8) is 0 Å². The molecule has 7 rings (SSSR count). The maximum atomic E-state index is 13.7. The van der Waals surface area contributed by atoms with Crippen molar-refractivity contribution >= 4 is 11.9 Å². The lowest BCUT2D eigenvalue weighted by Gasteiger charge is -2.30. The van der Waals surface area contributed by atoms with E-state index in [0.717, 1.165) is 71.1 Å². The van der Waals surface area contributed by atoms with Crippen LogP contribution in [0.25, 0.3) is 33.6 Å². The van der Waals surface area contributed by atoms with Gasteiger partial charge in [-0.25, -0.2) is 19.9 Å². The summed E-state index contributed by atoms with van der Waals surface area (Å²) in [6, 6.07) is 18.7. The number of rotatable bonds is 9. The monoisotopic (exact) mass is 601 g/mol. The molecular formula is C35H39N9O. The van der Waals surface area contributed by atoms with Gasteiger partial charge in [-0.05, 0) is 66.5 Å². The zero-order valence-corrected chi connectivity index (χ0v) is 25.7. The summed E-state index contributed by atoms with van der Waals surface area (Å²) in [6.07, 6.45) is 11.3. The van der Waals surface area contributed by atoms with Crippen LogP contribution in [0.4, 0.5) is 5.95 Å². The molecule has 1 amide bonds. The number of hydrogen-bond donors (Lipinski definition) is 4. The molecule has 2 aromatic carbocycles. The first-order valence-electron chi connectivity index (χ1n) is 15.9. The summed E-state index contributed by atoms with van der Waals surface area (Å²) in [5, 5.41) is 6.75. The molecule has 5 heterocycles. The Morgan fingerprint density at radius 3 is 2.00 bits per heavy atom. The Hall–Kier alpha value is -4.83. The molecular weight excluding hydrogens is 562 g/mol. The lowest BCUT2D eigenvalue weighted by atomic mass is 10.0. The third-order valence-electron chi connectivity index (χ3n) is 8.94. The minimum Gasteiger partial charge on any atom is -0.342 e. The molecule has 1 unspecified atom stereocenters. The van der Waals surface area contributed by atoms with E-state index in [4.69, 9.17) is 4.98 Å². The van der Waals surface area contributed by atoms with Crippen molar-refractivity contribution in [3.05, 3.63) is 91.0 Å². The Balaban J connectivity index is 1.03. The number of benzene rings is 2. The van der Waals surface area contributed by atoms with Crippen molar-refractivity contribution < 1.29 is 4.79 Å². The Bertz CT molecular complexity index is 1720. The van der Waals surface area contributed by atoms with E-state index in [-0.39, 0.29) is 17.9 Å². The number of amides is 1. The van der Waals surface area contributed by atoms with E-state index in [1.54, 1.807) is 18.5 Å². The number of nitrogens with zero attached hydrogens (tertiary/aromatic N) is 5. The predicted molar refractivity (Wildman–Crippen MR) is 175 cm³/mol. The Morgan fingerprint density at radius 2 is 1.40 bits per heavy atom. The van der Waals surface area contributed by atoms with E-state index < -0.39 is 6.04 Å². The zero-order valence-electron chi connectivity index (χ0n) is 25.7. The van der Waals surface area contributed by atoms with Crippen LogP contribution < -0.4 is 10.6 Å². The second-order valence-electron chi connectivity index (χ2n) is 12.3. The third kappa shape index (κ3) is 6.10. The number of nitrogens with one attached hydrogen (secondary N) is 4. The fourth-order valence-corrected chi connectivity index (χ4v) is 6.44. The number of aromatic nitrogens is 6. The number of hydrogen-bond acceptors (Lipinski definition) is 7. The molecule has 230 valence electrons. The van der Waals surface area contributed by atoms with Crippen LogP contribution in [0, 0.1) is 5.92 Å². The lowest BCUT2D eigenvalue weighted by molar-refractivity contribution is -0.134. The van der Waals surface area contributed by atoms with Crippen LogP contribution in [-0.4, -0.2) is 59.8 Å². The van der Waals surface area contributed by atoms with Crippen molar-refractivity contribution in [2.24, 2.45) is 5.92 Å². The quantitative estimate of drug-likeness (QED) is 0.160. The molecule has 0 bridgehead atoms. The summed E-state index contributed by atoms with van der Waals surface area (Å²) in [6.45, 7) is 5.83. The van der Waals surface area contributed by atoms with E-state index >= 15 is 0 Å². The normalized spacial score (nSPS) is 18.9. The SMILES string of the molecule is CC(C)C(Nc1ncccn1)C(=O)N1CCC[C@H]1c1ncc(-c2ccc(-c3ccc(-c4cnc([C@@H]5CCCN5)[nH]4)cc3)cc2)[nH]1. The maximum absolute atomic E-state index is 13.7.